The molecule has 0 aliphatic heterocycles. The van der Waals surface area contributed by atoms with Crippen LogP contribution in [-0.4, -0.2) is 41.5 Å². The van der Waals surface area contributed by atoms with Gasteiger partial charge in [-0.15, -0.1) is 5.10 Å². The van der Waals surface area contributed by atoms with Crippen LogP contribution in [0, 0.1) is 0 Å². The fourth-order valence-corrected chi connectivity index (χ4v) is 2.86. The minimum Gasteiger partial charge on any atom is -0.481 e. The number of carbonyl (C=O) groups is 2. The molecule has 11 heteroatoms. The van der Waals surface area contributed by atoms with E-state index in [1.807, 2.05) is 0 Å². The second-order valence-corrected chi connectivity index (χ2v) is 6.32. The minimum atomic E-state index is -0.976. The number of aliphatic carboxylic acids is 1. The highest BCUT2D eigenvalue weighted by Gasteiger charge is 2.15. The SMILES string of the molecule is O=C(O)CCn1nccc1C(=O)Nc1ncn(Cc2c(Cl)cccc2Cl)n1. The van der Waals surface area contributed by atoms with Gasteiger partial charge in [-0.05, 0) is 18.2 Å². The summed E-state index contributed by atoms with van der Waals surface area (Å²) in [5.74, 6) is -1.38. The molecule has 0 unspecified atom stereocenters. The van der Waals surface area contributed by atoms with E-state index in [-0.39, 0.29) is 31.2 Å². The number of halogens is 2. The van der Waals surface area contributed by atoms with Crippen LogP contribution >= 0.6 is 23.2 Å². The number of amides is 1. The predicted molar refractivity (Wildman–Crippen MR) is 98.0 cm³/mol. The Balaban J connectivity index is 1.68. The lowest BCUT2D eigenvalue weighted by molar-refractivity contribution is -0.137. The standard InChI is InChI=1S/C16H14Cl2N6O3/c17-11-2-1-3-12(18)10(11)8-23-9-19-16(22-23)21-15(27)13-4-6-20-24(13)7-5-14(25)26/h1-4,6,9H,5,7-8H2,(H,25,26)(H,21,22,27). The van der Waals surface area contributed by atoms with Gasteiger partial charge in [0.1, 0.15) is 12.0 Å². The van der Waals surface area contributed by atoms with E-state index in [1.54, 1.807) is 18.2 Å². The first kappa shape index (κ1) is 18.9. The maximum Gasteiger partial charge on any atom is 0.305 e. The van der Waals surface area contributed by atoms with Crippen LogP contribution in [0.25, 0.3) is 0 Å². The van der Waals surface area contributed by atoms with Gasteiger partial charge in [-0.2, -0.15) is 5.10 Å². The number of carboxylic acid groups (broad SMARTS) is 1. The van der Waals surface area contributed by atoms with Crippen molar-refractivity contribution in [2.75, 3.05) is 5.32 Å². The van der Waals surface area contributed by atoms with Crippen LogP contribution in [0.1, 0.15) is 22.5 Å². The second-order valence-electron chi connectivity index (χ2n) is 5.50. The molecule has 0 radical (unpaired) electrons. The number of hydrogen-bond acceptors (Lipinski definition) is 5. The van der Waals surface area contributed by atoms with Crippen molar-refractivity contribution < 1.29 is 14.7 Å². The van der Waals surface area contributed by atoms with Gasteiger partial charge in [0.15, 0.2) is 0 Å². The molecular formula is C16H14Cl2N6O3. The largest absolute Gasteiger partial charge is 0.481 e. The van der Waals surface area contributed by atoms with Gasteiger partial charge < -0.3 is 5.11 Å². The Bertz CT molecular complexity index is 964. The van der Waals surface area contributed by atoms with Crippen LogP contribution in [0.15, 0.2) is 36.8 Å². The van der Waals surface area contributed by atoms with E-state index in [0.717, 1.165) is 0 Å². The molecule has 0 bridgehead atoms. The van der Waals surface area contributed by atoms with Crippen molar-refractivity contribution in [1.82, 2.24) is 24.5 Å². The fraction of sp³-hybridized carbons (Fsp3) is 0.188. The molecule has 1 amide bonds. The van der Waals surface area contributed by atoms with Crippen molar-refractivity contribution in [1.29, 1.82) is 0 Å². The Hall–Kier alpha value is -2.91. The molecule has 0 fully saturated rings. The molecule has 3 aromatic rings. The van der Waals surface area contributed by atoms with Crippen LogP contribution in [0.2, 0.25) is 10.0 Å². The summed E-state index contributed by atoms with van der Waals surface area (Å²) in [5.41, 5.74) is 0.900. The first-order valence-electron chi connectivity index (χ1n) is 7.81. The number of carbonyl (C=O) groups excluding carboxylic acids is 1. The molecule has 0 saturated carbocycles. The van der Waals surface area contributed by atoms with E-state index in [2.05, 4.69) is 20.5 Å². The Morgan fingerprint density at radius 2 is 1.93 bits per heavy atom. The number of aryl methyl sites for hydroxylation is 1. The summed E-state index contributed by atoms with van der Waals surface area (Å²) in [7, 11) is 0. The van der Waals surface area contributed by atoms with Crippen molar-refractivity contribution in [3.8, 4) is 0 Å². The normalized spacial score (nSPS) is 10.7. The van der Waals surface area contributed by atoms with Crippen LogP contribution in [0.3, 0.4) is 0 Å². The van der Waals surface area contributed by atoms with Gasteiger partial charge in [0.05, 0.1) is 19.5 Å². The maximum absolute atomic E-state index is 12.4. The van der Waals surface area contributed by atoms with E-state index >= 15 is 0 Å². The average molecular weight is 409 g/mol. The van der Waals surface area contributed by atoms with Crippen molar-refractivity contribution in [2.45, 2.75) is 19.5 Å². The van der Waals surface area contributed by atoms with Crippen molar-refractivity contribution in [3.63, 3.8) is 0 Å². The summed E-state index contributed by atoms with van der Waals surface area (Å²) in [6.07, 6.45) is 2.71. The van der Waals surface area contributed by atoms with Crippen LogP contribution in [0.5, 0.6) is 0 Å². The fourth-order valence-electron chi connectivity index (χ4n) is 2.34. The molecule has 2 aromatic heterocycles. The van der Waals surface area contributed by atoms with Crippen molar-refractivity contribution in [3.05, 3.63) is 58.1 Å². The Labute approximate surface area is 163 Å². The number of nitrogens with one attached hydrogen (secondary N) is 1. The molecule has 2 N–H and O–H groups in total. The van der Waals surface area contributed by atoms with Crippen molar-refractivity contribution in [2.24, 2.45) is 0 Å². The maximum atomic E-state index is 12.4. The highest BCUT2D eigenvalue weighted by Crippen LogP contribution is 2.24. The first-order valence-corrected chi connectivity index (χ1v) is 8.57. The first-order chi connectivity index (χ1) is 12.9. The van der Waals surface area contributed by atoms with Gasteiger partial charge in [-0.1, -0.05) is 29.3 Å². The number of aromatic nitrogens is 5. The summed E-state index contributed by atoms with van der Waals surface area (Å²) < 4.78 is 2.80. The summed E-state index contributed by atoms with van der Waals surface area (Å²) >= 11 is 12.3. The van der Waals surface area contributed by atoms with Gasteiger partial charge in [0.25, 0.3) is 5.91 Å². The Morgan fingerprint density at radius 1 is 1.19 bits per heavy atom. The lowest BCUT2D eigenvalue weighted by Crippen LogP contribution is -2.19. The molecule has 27 heavy (non-hydrogen) atoms. The summed E-state index contributed by atoms with van der Waals surface area (Å²) in [6, 6.07) is 6.67. The van der Waals surface area contributed by atoms with E-state index in [4.69, 9.17) is 28.3 Å². The van der Waals surface area contributed by atoms with Crippen LogP contribution in [0.4, 0.5) is 5.95 Å². The molecule has 3 rings (SSSR count). The summed E-state index contributed by atoms with van der Waals surface area (Å²) in [6.45, 7) is 0.371. The minimum absolute atomic E-state index is 0.0813. The third-order valence-corrected chi connectivity index (χ3v) is 4.34. The number of anilines is 1. The quantitative estimate of drug-likeness (QED) is 0.620. The molecular weight excluding hydrogens is 395 g/mol. The molecule has 1 aromatic carbocycles. The number of hydrogen-bond donors (Lipinski definition) is 2. The van der Waals surface area contributed by atoms with Crippen LogP contribution < -0.4 is 5.32 Å². The molecule has 0 aliphatic rings. The monoisotopic (exact) mass is 408 g/mol. The van der Waals surface area contributed by atoms with E-state index in [9.17, 15) is 9.59 Å². The summed E-state index contributed by atoms with van der Waals surface area (Å²) in [5, 5.41) is 20.4. The van der Waals surface area contributed by atoms with Gasteiger partial charge in [0.2, 0.25) is 5.95 Å². The molecule has 0 spiro atoms. The highest BCUT2D eigenvalue weighted by molar-refractivity contribution is 6.35. The van der Waals surface area contributed by atoms with Crippen molar-refractivity contribution >= 4 is 41.0 Å². The highest BCUT2D eigenvalue weighted by atomic mass is 35.5. The van der Waals surface area contributed by atoms with Gasteiger partial charge >= 0.3 is 5.97 Å². The number of carboxylic acids is 1. The number of nitrogens with zero attached hydrogens (tertiary/aromatic N) is 5. The van der Waals surface area contributed by atoms with E-state index in [0.29, 0.717) is 15.6 Å². The average Bonchev–Trinajstić information content (AvgIpc) is 3.25. The van der Waals surface area contributed by atoms with E-state index in [1.165, 1.54) is 28.0 Å². The molecule has 2 heterocycles. The lowest BCUT2D eigenvalue weighted by Gasteiger charge is -2.06. The van der Waals surface area contributed by atoms with Gasteiger partial charge in [-0.3, -0.25) is 19.6 Å². The zero-order chi connectivity index (χ0) is 19.4. The van der Waals surface area contributed by atoms with E-state index < -0.39 is 11.9 Å². The molecule has 0 saturated heterocycles. The predicted octanol–water partition coefficient (Wildman–Crippen LogP) is 2.56. The third-order valence-electron chi connectivity index (χ3n) is 3.63. The molecule has 9 nitrogen and oxygen atoms in total. The number of benzene rings is 1. The molecule has 0 atom stereocenters. The second kappa shape index (κ2) is 8.19. The lowest BCUT2D eigenvalue weighted by atomic mass is 10.2. The smallest absolute Gasteiger partial charge is 0.305 e. The summed E-state index contributed by atoms with van der Waals surface area (Å²) in [4.78, 5) is 27.1. The molecule has 140 valence electrons. The Kier molecular flexibility index (Phi) is 5.72. The van der Waals surface area contributed by atoms with Crippen LogP contribution in [-0.2, 0) is 17.9 Å². The molecule has 0 aliphatic carbocycles. The third kappa shape index (κ3) is 4.63. The van der Waals surface area contributed by atoms with Gasteiger partial charge in [-0.25, -0.2) is 9.67 Å². The Morgan fingerprint density at radius 3 is 2.63 bits per heavy atom. The topological polar surface area (TPSA) is 115 Å². The number of rotatable bonds is 7. The zero-order valence-corrected chi connectivity index (χ0v) is 15.4. The van der Waals surface area contributed by atoms with Gasteiger partial charge in [0, 0.05) is 21.8 Å². The zero-order valence-electron chi connectivity index (χ0n) is 13.8.